The van der Waals surface area contributed by atoms with Crippen LogP contribution in [0.1, 0.15) is 57.2 Å². The SMILES string of the molecule is CCC/C(=C\C(=O)O)c1cc(C)cc(C(C)(C)C)c1OC. The van der Waals surface area contributed by atoms with Crippen LogP contribution >= 0.6 is 0 Å². The molecule has 3 nitrogen and oxygen atoms in total. The van der Waals surface area contributed by atoms with Gasteiger partial charge in [-0.15, -0.1) is 0 Å². The fourth-order valence-corrected chi connectivity index (χ4v) is 2.49. The average molecular weight is 290 g/mol. The number of carboxylic acid groups (broad SMARTS) is 1. The summed E-state index contributed by atoms with van der Waals surface area (Å²) in [6.45, 7) is 10.5. The first-order chi connectivity index (χ1) is 9.70. The maximum absolute atomic E-state index is 11.1. The van der Waals surface area contributed by atoms with E-state index < -0.39 is 5.97 Å². The molecule has 0 atom stereocenters. The van der Waals surface area contributed by atoms with Crippen molar-refractivity contribution in [1.82, 2.24) is 0 Å². The number of allylic oxidation sites excluding steroid dienone is 1. The lowest BCUT2D eigenvalue weighted by Crippen LogP contribution is -2.14. The normalized spacial score (nSPS) is 12.4. The minimum absolute atomic E-state index is 0.0628. The van der Waals surface area contributed by atoms with E-state index in [0.29, 0.717) is 0 Å². The third-order valence-corrected chi connectivity index (χ3v) is 3.41. The second-order valence-electron chi connectivity index (χ2n) is 6.40. The summed E-state index contributed by atoms with van der Waals surface area (Å²) in [4.78, 5) is 11.1. The number of methoxy groups -OCH3 is 1. The first kappa shape index (κ1) is 17.3. The zero-order valence-electron chi connectivity index (χ0n) is 13.9. The first-order valence-electron chi connectivity index (χ1n) is 7.33. The van der Waals surface area contributed by atoms with Gasteiger partial charge in [-0.3, -0.25) is 0 Å². The molecule has 1 rings (SSSR count). The highest BCUT2D eigenvalue weighted by Gasteiger charge is 2.23. The molecule has 1 N–H and O–H groups in total. The molecule has 21 heavy (non-hydrogen) atoms. The van der Waals surface area contributed by atoms with Crippen LogP contribution < -0.4 is 4.74 Å². The van der Waals surface area contributed by atoms with Gasteiger partial charge in [0.15, 0.2) is 0 Å². The quantitative estimate of drug-likeness (QED) is 0.808. The average Bonchev–Trinajstić information content (AvgIpc) is 2.35. The van der Waals surface area contributed by atoms with Gasteiger partial charge in [0.2, 0.25) is 0 Å². The van der Waals surface area contributed by atoms with Crippen molar-refractivity contribution in [3.05, 3.63) is 34.9 Å². The van der Waals surface area contributed by atoms with Gasteiger partial charge in [-0.05, 0) is 36.0 Å². The van der Waals surface area contributed by atoms with Crippen LogP contribution in [-0.4, -0.2) is 18.2 Å². The van der Waals surface area contributed by atoms with Gasteiger partial charge < -0.3 is 9.84 Å². The lowest BCUT2D eigenvalue weighted by atomic mass is 9.82. The Labute approximate surface area is 127 Å². The van der Waals surface area contributed by atoms with Crippen LogP contribution in [0.3, 0.4) is 0 Å². The molecule has 0 aliphatic heterocycles. The smallest absolute Gasteiger partial charge is 0.328 e. The fraction of sp³-hybridized carbons (Fsp3) is 0.500. The van der Waals surface area contributed by atoms with E-state index in [4.69, 9.17) is 9.84 Å². The minimum atomic E-state index is -0.917. The van der Waals surface area contributed by atoms with E-state index in [-0.39, 0.29) is 5.41 Å². The van der Waals surface area contributed by atoms with E-state index in [1.807, 2.05) is 19.9 Å². The number of carboxylic acids is 1. The van der Waals surface area contributed by atoms with Crippen LogP contribution in [0.15, 0.2) is 18.2 Å². The van der Waals surface area contributed by atoms with Crippen LogP contribution in [0.25, 0.3) is 5.57 Å². The predicted molar refractivity (Wildman–Crippen MR) is 87.0 cm³/mol. The summed E-state index contributed by atoms with van der Waals surface area (Å²) in [5.74, 6) is -0.131. The van der Waals surface area contributed by atoms with Crippen molar-refractivity contribution >= 4 is 11.5 Å². The van der Waals surface area contributed by atoms with Gasteiger partial charge in [-0.2, -0.15) is 0 Å². The molecule has 0 amide bonds. The minimum Gasteiger partial charge on any atom is -0.496 e. The Kier molecular flexibility index (Phi) is 5.59. The number of benzene rings is 1. The number of carbonyl (C=O) groups is 1. The molecule has 0 saturated heterocycles. The molecule has 0 radical (unpaired) electrons. The highest BCUT2D eigenvalue weighted by molar-refractivity contribution is 5.91. The van der Waals surface area contributed by atoms with Crippen LogP contribution in [-0.2, 0) is 10.2 Å². The molecular weight excluding hydrogens is 264 g/mol. The zero-order chi connectivity index (χ0) is 16.2. The largest absolute Gasteiger partial charge is 0.496 e. The third kappa shape index (κ3) is 4.35. The standard InChI is InChI=1S/C18H26O3/c1-7-8-13(11-16(19)20)14-9-12(2)10-15(17(14)21-6)18(3,4)5/h9-11H,7-8H2,1-6H3,(H,19,20)/b13-11+. The van der Waals surface area contributed by atoms with Gasteiger partial charge in [0.25, 0.3) is 0 Å². The topological polar surface area (TPSA) is 46.5 Å². The summed E-state index contributed by atoms with van der Waals surface area (Å²) in [5, 5.41) is 9.12. The van der Waals surface area contributed by atoms with E-state index >= 15 is 0 Å². The fourth-order valence-electron chi connectivity index (χ4n) is 2.49. The van der Waals surface area contributed by atoms with Crippen molar-refractivity contribution < 1.29 is 14.6 Å². The lowest BCUT2D eigenvalue weighted by Gasteiger charge is -2.25. The van der Waals surface area contributed by atoms with Gasteiger partial charge in [0.1, 0.15) is 5.75 Å². The number of hydrogen-bond donors (Lipinski definition) is 1. The Morgan fingerprint density at radius 2 is 1.95 bits per heavy atom. The van der Waals surface area contributed by atoms with Crippen molar-refractivity contribution in [3.63, 3.8) is 0 Å². The molecule has 0 aliphatic carbocycles. The number of aryl methyl sites for hydroxylation is 1. The second-order valence-corrected chi connectivity index (χ2v) is 6.40. The van der Waals surface area contributed by atoms with Crippen molar-refractivity contribution in [2.45, 2.75) is 52.9 Å². The van der Waals surface area contributed by atoms with Crippen molar-refractivity contribution in [2.75, 3.05) is 7.11 Å². The summed E-state index contributed by atoms with van der Waals surface area (Å²) >= 11 is 0. The highest BCUT2D eigenvalue weighted by atomic mass is 16.5. The Morgan fingerprint density at radius 1 is 1.33 bits per heavy atom. The van der Waals surface area contributed by atoms with Crippen LogP contribution in [0, 0.1) is 6.92 Å². The predicted octanol–water partition coefficient (Wildman–Crippen LogP) is 4.57. The highest BCUT2D eigenvalue weighted by Crippen LogP contribution is 2.39. The first-order valence-corrected chi connectivity index (χ1v) is 7.33. The molecule has 0 unspecified atom stereocenters. The van der Waals surface area contributed by atoms with Crippen molar-refractivity contribution in [2.24, 2.45) is 0 Å². The maximum Gasteiger partial charge on any atom is 0.328 e. The molecule has 1 aromatic carbocycles. The van der Waals surface area contributed by atoms with Gasteiger partial charge in [0.05, 0.1) is 7.11 Å². The molecule has 3 heteroatoms. The van der Waals surface area contributed by atoms with E-state index in [1.54, 1.807) is 7.11 Å². The molecule has 0 spiro atoms. The lowest BCUT2D eigenvalue weighted by molar-refractivity contribution is -0.131. The Balaban J connectivity index is 3.60. The Morgan fingerprint density at radius 3 is 2.38 bits per heavy atom. The molecule has 116 valence electrons. The third-order valence-electron chi connectivity index (χ3n) is 3.41. The molecule has 0 fully saturated rings. The van der Waals surface area contributed by atoms with E-state index in [9.17, 15) is 4.79 Å². The van der Waals surface area contributed by atoms with E-state index in [1.165, 1.54) is 6.08 Å². The molecule has 0 heterocycles. The molecule has 0 bridgehead atoms. The number of rotatable bonds is 5. The monoisotopic (exact) mass is 290 g/mol. The molecule has 1 aromatic rings. The summed E-state index contributed by atoms with van der Waals surface area (Å²) in [5.41, 5.74) is 3.87. The summed E-state index contributed by atoms with van der Waals surface area (Å²) in [6, 6.07) is 4.13. The summed E-state index contributed by atoms with van der Waals surface area (Å²) < 4.78 is 5.63. The number of aliphatic carboxylic acids is 1. The zero-order valence-corrected chi connectivity index (χ0v) is 13.9. The van der Waals surface area contributed by atoms with Crippen molar-refractivity contribution in [1.29, 1.82) is 0 Å². The molecular formula is C18H26O3. The summed E-state index contributed by atoms with van der Waals surface area (Å²) in [7, 11) is 1.65. The Bertz CT molecular complexity index is 548. The Hall–Kier alpha value is -1.77. The molecule has 0 aromatic heterocycles. The molecule has 0 saturated carbocycles. The van der Waals surface area contributed by atoms with E-state index in [0.717, 1.165) is 40.9 Å². The van der Waals surface area contributed by atoms with Crippen LogP contribution in [0.4, 0.5) is 0 Å². The summed E-state index contributed by atoms with van der Waals surface area (Å²) in [6.07, 6.45) is 2.91. The molecule has 0 aliphatic rings. The van der Waals surface area contributed by atoms with Crippen molar-refractivity contribution in [3.8, 4) is 5.75 Å². The van der Waals surface area contributed by atoms with Gasteiger partial charge >= 0.3 is 5.97 Å². The van der Waals surface area contributed by atoms with Gasteiger partial charge in [0, 0.05) is 17.2 Å². The van der Waals surface area contributed by atoms with E-state index in [2.05, 4.69) is 26.8 Å². The maximum atomic E-state index is 11.1. The number of hydrogen-bond acceptors (Lipinski definition) is 2. The van der Waals surface area contributed by atoms with Gasteiger partial charge in [-0.25, -0.2) is 4.79 Å². The number of ether oxygens (including phenoxy) is 1. The second kappa shape index (κ2) is 6.79. The van der Waals surface area contributed by atoms with Crippen LogP contribution in [0.5, 0.6) is 5.75 Å². The van der Waals surface area contributed by atoms with Crippen LogP contribution in [0.2, 0.25) is 0 Å². The van der Waals surface area contributed by atoms with Gasteiger partial charge in [-0.1, -0.05) is 40.2 Å².